The number of hydrogen-bond donors (Lipinski definition) is 4. The van der Waals surface area contributed by atoms with Gasteiger partial charge in [-0.05, 0) is 50.4 Å². The predicted molar refractivity (Wildman–Crippen MR) is 110 cm³/mol. The smallest absolute Gasteiger partial charge is 0.303 e. The van der Waals surface area contributed by atoms with Crippen LogP contribution in [-0.4, -0.2) is 38.7 Å². The Morgan fingerprint density at radius 3 is 2.62 bits per heavy atom. The minimum Gasteiger partial charge on any atom is -0.481 e. The molecule has 0 amide bonds. The molecular weight excluding hydrogens is 348 g/mol. The molecule has 152 valence electrons. The Hall–Kier alpha value is -0.520. The summed E-state index contributed by atoms with van der Waals surface area (Å²) < 4.78 is 0. The van der Waals surface area contributed by atoms with Crippen molar-refractivity contribution in [1.82, 2.24) is 0 Å². The van der Waals surface area contributed by atoms with Crippen LogP contribution >= 0.6 is 12.6 Å². The van der Waals surface area contributed by atoms with E-state index >= 15 is 0 Å². The van der Waals surface area contributed by atoms with Gasteiger partial charge in [0.15, 0.2) is 0 Å². The van der Waals surface area contributed by atoms with Crippen LogP contribution in [-0.2, 0) is 4.79 Å². The number of rotatable bonds is 13. The van der Waals surface area contributed by atoms with Crippen LogP contribution in [0.5, 0.6) is 0 Å². The van der Waals surface area contributed by atoms with Crippen LogP contribution in [0.3, 0.4) is 0 Å². The first-order valence-corrected chi connectivity index (χ1v) is 10.8. The Balaban J connectivity index is 2.46. The van der Waals surface area contributed by atoms with Crippen molar-refractivity contribution in [2.24, 2.45) is 17.8 Å². The van der Waals surface area contributed by atoms with Gasteiger partial charge < -0.3 is 15.3 Å². The lowest BCUT2D eigenvalue weighted by molar-refractivity contribution is -0.137. The first kappa shape index (κ1) is 23.5. The molecule has 0 aliphatic heterocycles. The molecule has 0 aromatic heterocycles. The van der Waals surface area contributed by atoms with Crippen LogP contribution in [0, 0.1) is 17.8 Å². The van der Waals surface area contributed by atoms with Crippen LogP contribution in [0.1, 0.15) is 78.1 Å². The standard InChI is InChI=1S/C21H38O4S/c1-3-4-5-7-16(22)10-12-19-18(15(2)14-20(19)23)13-11-17(26)8-6-9-21(24)25/h10,12,15-20,22-23,26H,3-9,11,13-14H2,1-2H3,(H,24,25)/b12-10+/t15-,16-,17-,18-,19+,20+/m0/s1. The summed E-state index contributed by atoms with van der Waals surface area (Å²) in [5.74, 6) is 0.209. The average molecular weight is 387 g/mol. The molecular formula is C21H38O4S. The zero-order valence-corrected chi connectivity index (χ0v) is 17.3. The second-order valence-corrected chi connectivity index (χ2v) is 8.72. The summed E-state index contributed by atoms with van der Waals surface area (Å²) in [6.45, 7) is 4.34. The largest absolute Gasteiger partial charge is 0.481 e. The van der Waals surface area contributed by atoms with E-state index in [1.165, 1.54) is 0 Å². The van der Waals surface area contributed by atoms with Gasteiger partial charge in [0.1, 0.15) is 0 Å². The fourth-order valence-corrected chi connectivity index (χ4v) is 4.43. The molecule has 0 spiro atoms. The van der Waals surface area contributed by atoms with Gasteiger partial charge in [-0.25, -0.2) is 0 Å². The normalized spacial score (nSPS) is 28.5. The number of carbonyl (C=O) groups is 1. The topological polar surface area (TPSA) is 77.8 Å². The SMILES string of the molecule is CCCCC[C@H](O)/C=C/[C@@H]1[C@@H](CC[C@@H](S)CCCC(=O)O)[C@@H](C)C[C@H]1O. The maximum atomic E-state index is 10.6. The lowest BCUT2D eigenvalue weighted by Gasteiger charge is -2.23. The van der Waals surface area contributed by atoms with E-state index in [-0.39, 0.29) is 23.7 Å². The predicted octanol–water partition coefficient (Wildman–Crippen LogP) is 4.45. The molecule has 6 atom stereocenters. The fraction of sp³-hybridized carbons (Fsp3) is 0.857. The van der Waals surface area contributed by atoms with Gasteiger partial charge in [0.2, 0.25) is 0 Å². The zero-order chi connectivity index (χ0) is 19.5. The maximum Gasteiger partial charge on any atom is 0.303 e. The van der Waals surface area contributed by atoms with Crippen molar-refractivity contribution < 1.29 is 20.1 Å². The highest BCUT2D eigenvalue weighted by atomic mass is 32.1. The van der Waals surface area contributed by atoms with E-state index in [0.717, 1.165) is 51.4 Å². The molecule has 0 heterocycles. The molecule has 0 saturated heterocycles. The molecule has 4 nitrogen and oxygen atoms in total. The summed E-state index contributed by atoms with van der Waals surface area (Å²) >= 11 is 4.61. The summed E-state index contributed by atoms with van der Waals surface area (Å²) in [4.78, 5) is 10.6. The summed E-state index contributed by atoms with van der Waals surface area (Å²) in [5.41, 5.74) is 0. The third-order valence-electron chi connectivity index (χ3n) is 5.70. The van der Waals surface area contributed by atoms with Crippen LogP contribution in [0.25, 0.3) is 0 Å². The first-order valence-electron chi connectivity index (χ1n) is 10.3. The Morgan fingerprint density at radius 2 is 1.96 bits per heavy atom. The highest BCUT2D eigenvalue weighted by Gasteiger charge is 2.38. The molecule has 1 saturated carbocycles. The van der Waals surface area contributed by atoms with Crippen LogP contribution in [0.4, 0.5) is 0 Å². The van der Waals surface area contributed by atoms with Gasteiger partial charge in [-0.2, -0.15) is 12.6 Å². The number of carboxylic acids is 1. The van der Waals surface area contributed by atoms with E-state index in [1.807, 2.05) is 12.2 Å². The minimum atomic E-state index is -0.749. The molecule has 3 N–H and O–H groups in total. The van der Waals surface area contributed by atoms with E-state index in [1.54, 1.807) is 0 Å². The molecule has 0 radical (unpaired) electrons. The lowest BCUT2D eigenvalue weighted by Crippen LogP contribution is -2.20. The number of unbranched alkanes of at least 4 members (excludes halogenated alkanes) is 2. The van der Waals surface area contributed by atoms with Crippen molar-refractivity contribution in [2.45, 2.75) is 95.5 Å². The molecule has 26 heavy (non-hydrogen) atoms. The van der Waals surface area contributed by atoms with Crippen molar-refractivity contribution in [2.75, 3.05) is 0 Å². The molecule has 0 aromatic rings. The Kier molecular flexibility index (Phi) is 11.6. The molecule has 5 heteroatoms. The number of aliphatic carboxylic acids is 1. The summed E-state index contributed by atoms with van der Waals surface area (Å²) in [6.07, 6.45) is 11.7. The monoisotopic (exact) mass is 386 g/mol. The first-order chi connectivity index (χ1) is 12.3. The molecule has 0 bridgehead atoms. The van der Waals surface area contributed by atoms with Gasteiger partial charge in [0, 0.05) is 17.6 Å². The van der Waals surface area contributed by atoms with Crippen LogP contribution in [0.2, 0.25) is 0 Å². The molecule has 0 unspecified atom stereocenters. The van der Waals surface area contributed by atoms with Gasteiger partial charge >= 0.3 is 5.97 Å². The van der Waals surface area contributed by atoms with Gasteiger partial charge in [0.05, 0.1) is 12.2 Å². The molecule has 0 aromatic carbocycles. The van der Waals surface area contributed by atoms with Gasteiger partial charge in [-0.1, -0.05) is 45.3 Å². The molecule has 1 aliphatic carbocycles. The molecule has 1 rings (SSSR count). The van der Waals surface area contributed by atoms with Crippen molar-refractivity contribution in [3.05, 3.63) is 12.2 Å². The fourth-order valence-electron chi connectivity index (χ4n) is 4.10. The second kappa shape index (κ2) is 12.8. The third-order valence-corrected chi connectivity index (χ3v) is 6.22. The van der Waals surface area contributed by atoms with Gasteiger partial charge in [0.25, 0.3) is 0 Å². The van der Waals surface area contributed by atoms with Crippen molar-refractivity contribution in [3.8, 4) is 0 Å². The Labute approximate surface area is 164 Å². The molecule has 1 fully saturated rings. The number of thiol groups is 1. The van der Waals surface area contributed by atoms with E-state index in [0.29, 0.717) is 18.3 Å². The number of aliphatic hydroxyl groups is 2. The molecule has 1 aliphatic rings. The summed E-state index contributed by atoms with van der Waals surface area (Å²) in [5, 5.41) is 29.4. The third kappa shape index (κ3) is 8.92. The van der Waals surface area contributed by atoms with E-state index in [9.17, 15) is 15.0 Å². The average Bonchev–Trinajstić information content (AvgIpc) is 2.84. The summed E-state index contributed by atoms with van der Waals surface area (Å²) in [7, 11) is 0. The quantitative estimate of drug-likeness (QED) is 0.214. The van der Waals surface area contributed by atoms with E-state index < -0.39 is 12.1 Å². The van der Waals surface area contributed by atoms with Gasteiger partial charge in [-0.3, -0.25) is 4.79 Å². The highest BCUT2D eigenvalue weighted by molar-refractivity contribution is 7.80. The summed E-state index contributed by atoms with van der Waals surface area (Å²) in [6, 6.07) is 0. The van der Waals surface area contributed by atoms with Crippen molar-refractivity contribution in [1.29, 1.82) is 0 Å². The number of hydrogen-bond acceptors (Lipinski definition) is 4. The lowest BCUT2D eigenvalue weighted by atomic mass is 9.84. The Morgan fingerprint density at radius 1 is 1.23 bits per heavy atom. The van der Waals surface area contributed by atoms with Crippen molar-refractivity contribution in [3.63, 3.8) is 0 Å². The highest BCUT2D eigenvalue weighted by Crippen LogP contribution is 2.41. The Bertz CT molecular complexity index is 426. The van der Waals surface area contributed by atoms with E-state index in [4.69, 9.17) is 5.11 Å². The van der Waals surface area contributed by atoms with E-state index in [2.05, 4.69) is 26.5 Å². The zero-order valence-electron chi connectivity index (χ0n) is 16.4. The van der Waals surface area contributed by atoms with Crippen molar-refractivity contribution >= 4 is 18.6 Å². The van der Waals surface area contributed by atoms with Crippen LogP contribution < -0.4 is 0 Å². The number of aliphatic hydroxyl groups excluding tert-OH is 2. The minimum absolute atomic E-state index is 0.102. The van der Waals surface area contributed by atoms with Gasteiger partial charge in [-0.15, -0.1) is 0 Å². The second-order valence-electron chi connectivity index (χ2n) is 7.99. The maximum absolute atomic E-state index is 10.6. The van der Waals surface area contributed by atoms with Crippen LogP contribution in [0.15, 0.2) is 12.2 Å². The number of carboxylic acid groups (broad SMARTS) is 1.